The van der Waals surface area contributed by atoms with Crippen LogP contribution in [0.5, 0.6) is 0 Å². The number of carbonyl (C=O) groups is 1. The maximum atomic E-state index is 12.7. The summed E-state index contributed by atoms with van der Waals surface area (Å²) in [6.07, 6.45) is 6.23. The number of benzene rings is 1. The molecule has 140 valence electrons. The van der Waals surface area contributed by atoms with E-state index in [-0.39, 0.29) is 5.91 Å². The summed E-state index contributed by atoms with van der Waals surface area (Å²) in [5, 5.41) is 15.9. The Kier molecular flexibility index (Phi) is 5.00. The van der Waals surface area contributed by atoms with Gasteiger partial charge in [0.15, 0.2) is 0 Å². The summed E-state index contributed by atoms with van der Waals surface area (Å²) < 4.78 is 4.03. The van der Waals surface area contributed by atoms with Gasteiger partial charge in [-0.25, -0.2) is 4.68 Å². The highest BCUT2D eigenvalue weighted by atomic mass is 16.1. The third-order valence-corrected chi connectivity index (χ3v) is 4.92. The molecule has 0 saturated carbocycles. The van der Waals surface area contributed by atoms with Crippen molar-refractivity contribution in [1.82, 2.24) is 29.9 Å². The first-order valence-electron chi connectivity index (χ1n) is 9.59. The Balaban J connectivity index is 1.46. The van der Waals surface area contributed by atoms with E-state index >= 15 is 0 Å². The van der Waals surface area contributed by atoms with Crippen molar-refractivity contribution in [2.24, 2.45) is 0 Å². The van der Waals surface area contributed by atoms with Gasteiger partial charge in [-0.05, 0) is 25.0 Å². The second-order valence-corrected chi connectivity index (χ2v) is 6.80. The molecule has 3 heterocycles. The molecule has 1 aromatic carbocycles. The Bertz CT molecular complexity index is 927. The largest absolute Gasteiger partial charge is 0.351 e. The lowest BCUT2D eigenvalue weighted by molar-refractivity contribution is 0.0953. The third-order valence-electron chi connectivity index (χ3n) is 4.92. The van der Waals surface area contributed by atoms with E-state index in [1.165, 1.54) is 0 Å². The maximum absolute atomic E-state index is 12.7. The fourth-order valence-electron chi connectivity index (χ4n) is 3.61. The number of amides is 1. The monoisotopic (exact) mass is 364 g/mol. The van der Waals surface area contributed by atoms with Crippen LogP contribution in [0.25, 0.3) is 5.69 Å². The number of rotatable bonds is 7. The summed E-state index contributed by atoms with van der Waals surface area (Å²) in [6.45, 7) is 3.63. The standard InChI is InChI=1S/C20H24N6O/c1-2-7-17-16(14-22-26(17)15-8-4-3-5-9-15)20(27)21-12-11-19-24-23-18-10-6-13-25(18)19/h3-5,8-9,14H,2,6-7,10-13H2,1H3,(H,21,27). The molecule has 0 unspecified atom stereocenters. The van der Waals surface area contributed by atoms with Crippen LogP contribution in [0.2, 0.25) is 0 Å². The van der Waals surface area contributed by atoms with Gasteiger partial charge in [-0.2, -0.15) is 5.10 Å². The summed E-state index contributed by atoms with van der Waals surface area (Å²) in [5.41, 5.74) is 2.57. The molecule has 4 rings (SSSR count). The van der Waals surface area contributed by atoms with Crippen molar-refractivity contribution >= 4 is 5.91 Å². The summed E-state index contributed by atoms with van der Waals surface area (Å²) in [7, 11) is 0. The van der Waals surface area contributed by atoms with Gasteiger partial charge in [-0.1, -0.05) is 31.5 Å². The molecule has 1 aliphatic rings. The zero-order valence-electron chi connectivity index (χ0n) is 15.6. The molecule has 0 aliphatic carbocycles. The van der Waals surface area contributed by atoms with Crippen LogP contribution in [0.15, 0.2) is 36.5 Å². The summed E-state index contributed by atoms with van der Waals surface area (Å²) in [6, 6.07) is 9.92. The van der Waals surface area contributed by atoms with Crippen LogP contribution in [0.4, 0.5) is 0 Å². The predicted octanol–water partition coefficient (Wildman–Crippen LogP) is 2.33. The molecule has 1 aliphatic heterocycles. The highest BCUT2D eigenvalue weighted by molar-refractivity contribution is 5.95. The Morgan fingerprint density at radius 3 is 2.85 bits per heavy atom. The van der Waals surface area contributed by atoms with Crippen molar-refractivity contribution in [2.45, 2.75) is 45.6 Å². The average molecular weight is 364 g/mol. The minimum absolute atomic E-state index is 0.0817. The van der Waals surface area contributed by atoms with E-state index < -0.39 is 0 Å². The third kappa shape index (κ3) is 3.49. The van der Waals surface area contributed by atoms with Crippen molar-refractivity contribution in [3.63, 3.8) is 0 Å². The molecule has 7 nitrogen and oxygen atoms in total. The van der Waals surface area contributed by atoms with Gasteiger partial charge in [0.05, 0.1) is 23.1 Å². The fourth-order valence-corrected chi connectivity index (χ4v) is 3.61. The molecule has 0 bridgehead atoms. The van der Waals surface area contributed by atoms with E-state index in [1.54, 1.807) is 6.20 Å². The molecule has 0 atom stereocenters. The maximum Gasteiger partial charge on any atom is 0.254 e. The van der Waals surface area contributed by atoms with Crippen LogP contribution in [-0.4, -0.2) is 37.0 Å². The SMILES string of the molecule is CCCc1c(C(=O)NCCc2nnc3n2CCC3)cnn1-c1ccccc1. The first kappa shape index (κ1) is 17.5. The number of para-hydroxylation sites is 1. The molecule has 27 heavy (non-hydrogen) atoms. The minimum atomic E-state index is -0.0817. The van der Waals surface area contributed by atoms with Crippen LogP contribution in [0, 0.1) is 0 Å². The van der Waals surface area contributed by atoms with Crippen molar-refractivity contribution in [3.05, 3.63) is 59.4 Å². The summed E-state index contributed by atoms with van der Waals surface area (Å²) in [4.78, 5) is 12.7. The Hall–Kier alpha value is -2.96. The van der Waals surface area contributed by atoms with Crippen LogP contribution >= 0.6 is 0 Å². The molecule has 1 amide bonds. The number of hydrogen-bond donors (Lipinski definition) is 1. The van der Waals surface area contributed by atoms with Gasteiger partial charge < -0.3 is 9.88 Å². The second kappa shape index (κ2) is 7.73. The van der Waals surface area contributed by atoms with E-state index in [0.717, 1.165) is 55.3 Å². The van der Waals surface area contributed by atoms with Gasteiger partial charge in [0.2, 0.25) is 0 Å². The highest BCUT2D eigenvalue weighted by Crippen LogP contribution is 2.17. The number of aromatic nitrogens is 5. The molecule has 3 aromatic rings. The number of nitrogens with one attached hydrogen (secondary N) is 1. The van der Waals surface area contributed by atoms with E-state index in [2.05, 4.69) is 32.1 Å². The van der Waals surface area contributed by atoms with Crippen molar-refractivity contribution < 1.29 is 4.79 Å². The van der Waals surface area contributed by atoms with Crippen LogP contribution in [0.3, 0.4) is 0 Å². The first-order chi connectivity index (χ1) is 13.3. The highest BCUT2D eigenvalue weighted by Gasteiger charge is 2.19. The Morgan fingerprint density at radius 1 is 1.19 bits per heavy atom. The van der Waals surface area contributed by atoms with Crippen LogP contribution in [-0.2, 0) is 25.8 Å². The normalized spacial score (nSPS) is 12.9. The summed E-state index contributed by atoms with van der Waals surface area (Å²) >= 11 is 0. The van der Waals surface area contributed by atoms with E-state index in [1.807, 2.05) is 35.0 Å². The van der Waals surface area contributed by atoms with Crippen LogP contribution in [0.1, 0.15) is 47.5 Å². The van der Waals surface area contributed by atoms with E-state index in [4.69, 9.17) is 0 Å². The Morgan fingerprint density at radius 2 is 2.04 bits per heavy atom. The second-order valence-electron chi connectivity index (χ2n) is 6.80. The molecule has 0 radical (unpaired) electrons. The first-order valence-corrected chi connectivity index (χ1v) is 9.59. The smallest absolute Gasteiger partial charge is 0.254 e. The molecule has 7 heteroatoms. The minimum Gasteiger partial charge on any atom is -0.351 e. The number of nitrogens with zero attached hydrogens (tertiary/aromatic N) is 5. The van der Waals surface area contributed by atoms with Crippen molar-refractivity contribution in [3.8, 4) is 5.69 Å². The van der Waals surface area contributed by atoms with Gasteiger partial charge >= 0.3 is 0 Å². The predicted molar refractivity (Wildman–Crippen MR) is 102 cm³/mol. The van der Waals surface area contributed by atoms with Crippen molar-refractivity contribution in [2.75, 3.05) is 6.54 Å². The summed E-state index contributed by atoms with van der Waals surface area (Å²) in [5.74, 6) is 1.93. The zero-order chi connectivity index (χ0) is 18.6. The lowest BCUT2D eigenvalue weighted by Gasteiger charge is -2.09. The lowest BCUT2D eigenvalue weighted by Crippen LogP contribution is -2.27. The van der Waals surface area contributed by atoms with Crippen LogP contribution < -0.4 is 5.32 Å². The molecule has 0 saturated heterocycles. The van der Waals surface area contributed by atoms with Gasteiger partial charge in [0.1, 0.15) is 11.6 Å². The molecule has 0 spiro atoms. The zero-order valence-corrected chi connectivity index (χ0v) is 15.6. The molecule has 1 N–H and O–H groups in total. The topological polar surface area (TPSA) is 77.6 Å². The lowest BCUT2D eigenvalue weighted by atomic mass is 10.1. The number of aryl methyl sites for hydroxylation is 1. The molecule has 0 fully saturated rings. The van der Waals surface area contributed by atoms with E-state index in [0.29, 0.717) is 18.5 Å². The number of fused-ring (bicyclic) bond motifs is 1. The fraction of sp³-hybridized carbons (Fsp3) is 0.400. The molecular formula is C20H24N6O. The Labute approximate surface area is 158 Å². The number of hydrogen-bond acceptors (Lipinski definition) is 4. The average Bonchev–Trinajstić information content (AvgIpc) is 3.39. The van der Waals surface area contributed by atoms with E-state index in [9.17, 15) is 4.79 Å². The van der Waals surface area contributed by atoms with Gasteiger partial charge in [0.25, 0.3) is 5.91 Å². The molecule has 2 aromatic heterocycles. The number of carbonyl (C=O) groups excluding carboxylic acids is 1. The quantitative estimate of drug-likeness (QED) is 0.698. The van der Waals surface area contributed by atoms with Gasteiger partial charge in [0, 0.05) is 25.9 Å². The van der Waals surface area contributed by atoms with Crippen molar-refractivity contribution in [1.29, 1.82) is 0 Å². The van der Waals surface area contributed by atoms with Gasteiger partial charge in [-0.3, -0.25) is 4.79 Å². The molecular weight excluding hydrogens is 340 g/mol. The van der Waals surface area contributed by atoms with Gasteiger partial charge in [-0.15, -0.1) is 10.2 Å².